The van der Waals surface area contributed by atoms with Crippen LogP contribution in [0.5, 0.6) is 0 Å². The molecule has 1 aromatic carbocycles. The summed E-state index contributed by atoms with van der Waals surface area (Å²) >= 11 is 0. The monoisotopic (exact) mass is 212 g/mol. The molecule has 0 aliphatic heterocycles. The van der Waals surface area contributed by atoms with Crippen molar-refractivity contribution >= 4 is 11.4 Å². The molecule has 15 heavy (non-hydrogen) atoms. The minimum atomic E-state index is -0.684. The van der Waals surface area contributed by atoms with Crippen LogP contribution in [0.1, 0.15) is 19.3 Å². The molecule has 2 N–H and O–H groups in total. The van der Waals surface area contributed by atoms with Gasteiger partial charge in [0, 0.05) is 19.2 Å². The summed E-state index contributed by atoms with van der Waals surface area (Å²) in [6.45, 7) is 0. The van der Waals surface area contributed by atoms with Crippen LogP contribution in [0, 0.1) is 11.6 Å². The highest BCUT2D eigenvalue weighted by Gasteiger charge is 2.24. The molecule has 0 spiro atoms. The van der Waals surface area contributed by atoms with E-state index in [1.54, 1.807) is 0 Å². The van der Waals surface area contributed by atoms with Crippen LogP contribution < -0.4 is 10.6 Å². The van der Waals surface area contributed by atoms with E-state index in [1.165, 1.54) is 12.5 Å². The van der Waals surface area contributed by atoms with Crippen molar-refractivity contribution in [2.24, 2.45) is 0 Å². The molecule has 0 radical (unpaired) electrons. The van der Waals surface area contributed by atoms with Gasteiger partial charge in [-0.15, -0.1) is 0 Å². The zero-order valence-corrected chi connectivity index (χ0v) is 8.63. The normalized spacial score (nSPS) is 16.2. The number of halogens is 2. The summed E-state index contributed by atoms with van der Waals surface area (Å²) < 4.78 is 26.2. The standard InChI is InChI=1S/C11H14F2N2/c1-15(8-3-2-4-8)10-6-7(12)5-9(13)11(10)14/h5-6,8H,2-4,14H2,1H3. The third-order valence-corrected chi connectivity index (χ3v) is 3.07. The summed E-state index contributed by atoms with van der Waals surface area (Å²) in [6.07, 6.45) is 3.30. The molecule has 1 aromatic rings. The predicted octanol–water partition coefficient (Wildman–Crippen LogP) is 2.54. The number of hydrogen-bond donors (Lipinski definition) is 1. The minimum absolute atomic E-state index is 0.0331. The molecule has 0 aromatic heterocycles. The number of hydrogen-bond acceptors (Lipinski definition) is 2. The lowest BCUT2D eigenvalue weighted by atomic mass is 9.91. The Hall–Kier alpha value is -1.32. The van der Waals surface area contributed by atoms with Gasteiger partial charge >= 0.3 is 0 Å². The first-order chi connectivity index (χ1) is 7.09. The molecule has 0 unspecified atom stereocenters. The maximum Gasteiger partial charge on any atom is 0.151 e. The van der Waals surface area contributed by atoms with E-state index < -0.39 is 11.6 Å². The van der Waals surface area contributed by atoms with Crippen molar-refractivity contribution in [2.75, 3.05) is 17.7 Å². The van der Waals surface area contributed by atoms with E-state index in [-0.39, 0.29) is 5.69 Å². The Morgan fingerprint density at radius 1 is 1.33 bits per heavy atom. The molecule has 1 fully saturated rings. The molecule has 2 rings (SSSR count). The Morgan fingerprint density at radius 3 is 2.53 bits per heavy atom. The molecule has 1 saturated carbocycles. The number of nitrogens with zero attached hydrogens (tertiary/aromatic N) is 1. The Kier molecular flexibility index (Phi) is 2.50. The molecule has 0 bridgehead atoms. The fourth-order valence-electron chi connectivity index (χ4n) is 1.83. The molecule has 0 heterocycles. The number of anilines is 2. The molecule has 1 aliphatic rings. The van der Waals surface area contributed by atoms with Crippen molar-refractivity contribution in [1.82, 2.24) is 0 Å². The summed E-state index contributed by atoms with van der Waals surface area (Å²) in [4.78, 5) is 1.87. The minimum Gasteiger partial charge on any atom is -0.395 e. The van der Waals surface area contributed by atoms with E-state index >= 15 is 0 Å². The fraction of sp³-hybridized carbons (Fsp3) is 0.455. The highest BCUT2D eigenvalue weighted by Crippen LogP contribution is 2.33. The SMILES string of the molecule is CN(c1cc(F)cc(F)c1N)C1CCC1. The average Bonchev–Trinajstić information content (AvgIpc) is 2.08. The highest BCUT2D eigenvalue weighted by molar-refractivity contribution is 5.68. The molecule has 4 heteroatoms. The second-order valence-electron chi connectivity index (χ2n) is 4.02. The van der Waals surface area contributed by atoms with Crippen LogP contribution in [0.25, 0.3) is 0 Å². The maximum absolute atomic E-state index is 13.2. The van der Waals surface area contributed by atoms with Crippen molar-refractivity contribution in [3.8, 4) is 0 Å². The van der Waals surface area contributed by atoms with Crippen molar-refractivity contribution in [1.29, 1.82) is 0 Å². The van der Waals surface area contributed by atoms with Gasteiger partial charge in [-0.05, 0) is 25.3 Å². The molecule has 0 amide bonds. The van der Waals surface area contributed by atoms with Gasteiger partial charge in [-0.1, -0.05) is 0 Å². The topological polar surface area (TPSA) is 29.3 Å². The molecule has 82 valence electrons. The Bertz CT molecular complexity index is 375. The van der Waals surface area contributed by atoms with E-state index in [0.717, 1.165) is 18.9 Å². The van der Waals surface area contributed by atoms with Gasteiger partial charge in [0.25, 0.3) is 0 Å². The summed E-state index contributed by atoms with van der Waals surface area (Å²) in [5, 5.41) is 0. The summed E-state index contributed by atoms with van der Waals surface area (Å²) in [5.41, 5.74) is 6.07. The summed E-state index contributed by atoms with van der Waals surface area (Å²) in [6, 6.07) is 2.47. The lowest BCUT2D eigenvalue weighted by Gasteiger charge is -2.37. The first-order valence-electron chi connectivity index (χ1n) is 5.07. The van der Waals surface area contributed by atoms with E-state index in [1.807, 2.05) is 11.9 Å². The number of rotatable bonds is 2. The largest absolute Gasteiger partial charge is 0.395 e. The Morgan fingerprint density at radius 2 is 2.00 bits per heavy atom. The van der Waals surface area contributed by atoms with Gasteiger partial charge in [-0.2, -0.15) is 0 Å². The smallest absolute Gasteiger partial charge is 0.151 e. The first-order valence-corrected chi connectivity index (χ1v) is 5.07. The fourth-order valence-corrected chi connectivity index (χ4v) is 1.83. The number of nitrogen functional groups attached to an aromatic ring is 1. The molecule has 2 nitrogen and oxygen atoms in total. The van der Waals surface area contributed by atoms with Crippen LogP contribution in [-0.4, -0.2) is 13.1 Å². The molecular formula is C11H14F2N2. The second kappa shape index (κ2) is 3.68. The first kappa shape index (κ1) is 10.2. The zero-order valence-electron chi connectivity index (χ0n) is 8.63. The maximum atomic E-state index is 13.2. The van der Waals surface area contributed by atoms with Crippen LogP contribution in [0.15, 0.2) is 12.1 Å². The number of benzene rings is 1. The summed E-state index contributed by atoms with van der Waals surface area (Å²) in [5.74, 6) is -1.26. The van der Waals surface area contributed by atoms with Gasteiger partial charge in [0.05, 0.1) is 11.4 Å². The van der Waals surface area contributed by atoms with E-state index in [4.69, 9.17) is 5.73 Å². The van der Waals surface area contributed by atoms with E-state index in [2.05, 4.69) is 0 Å². The van der Waals surface area contributed by atoms with Crippen LogP contribution in [0.4, 0.5) is 20.2 Å². The second-order valence-corrected chi connectivity index (χ2v) is 4.02. The van der Waals surface area contributed by atoms with Gasteiger partial charge in [0.2, 0.25) is 0 Å². The van der Waals surface area contributed by atoms with Crippen LogP contribution >= 0.6 is 0 Å². The van der Waals surface area contributed by atoms with Crippen LogP contribution in [-0.2, 0) is 0 Å². The van der Waals surface area contributed by atoms with E-state index in [9.17, 15) is 8.78 Å². The molecule has 1 aliphatic carbocycles. The van der Waals surface area contributed by atoms with Crippen LogP contribution in [0.3, 0.4) is 0 Å². The van der Waals surface area contributed by atoms with Gasteiger partial charge in [-0.3, -0.25) is 0 Å². The molecular weight excluding hydrogens is 198 g/mol. The third kappa shape index (κ3) is 1.76. The van der Waals surface area contributed by atoms with Crippen molar-refractivity contribution in [2.45, 2.75) is 25.3 Å². The zero-order chi connectivity index (χ0) is 11.0. The quantitative estimate of drug-likeness (QED) is 0.763. The Labute approximate surface area is 87.7 Å². The lowest BCUT2D eigenvalue weighted by Crippen LogP contribution is -2.37. The predicted molar refractivity (Wildman–Crippen MR) is 56.8 cm³/mol. The van der Waals surface area contributed by atoms with Gasteiger partial charge in [0.15, 0.2) is 5.82 Å². The van der Waals surface area contributed by atoms with Crippen molar-refractivity contribution in [3.05, 3.63) is 23.8 Å². The van der Waals surface area contributed by atoms with Gasteiger partial charge < -0.3 is 10.6 Å². The lowest BCUT2D eigenvalue weighted by molar-refractivity contribution is 0.400. The van der Waals surface area contributed by atoms with Crippen molar-refractivity contribution in [3.63, 3.8) is 0 Å². The third-order valence-electron chi connectivity index (χ3n) is 3.07. The van der Waals surface area contributed by atoms with Crippen molar-refractivity contribution < 1.29 is 8.78 Å². The average molecular weight is 212 g/mol. The summed E-state index contributed by atoms with van der Waals surface area (Å²) in [7, 11) is 1.83. The molecule has 0 atom stereocenters. The Balaban J connectivity index is 2.33. The van der Waals surface area contributed by atoms with Gasteiger partial charge in [-0.25, -0.2) is 8.78 Å². The van der Waals surface area contributed by atoms with E-state index in [0.29, 0.717) is 11.7 Å². The van der Waals surface area contributed by atoms with Crippen LogP contribution in [0.2, 0.25) is 0 Å². The number of nitrogens with two attached hydrogens (primary N) is 1. The van der Waals surface area contributed by atoms with Gasteiger partial charge in [0.1, 0.15) is 5.82 Å². The molecule has 0 saturated heterocycles. The highest BCUT2D eigenvalue weighted by atomic mass is 19.1.